The van der Waals surface area contributed by atoms with Crippen LogP contribution in [0.3, 0.4) is 0 Å². The number of nitrogens with zero attached hydrogens (tertiary/aromatic N) is 2. The molecule has 5 heteroatoms. The van der Waals surface area contributed by atoms with Gasteiger partial charge >= 0.3 is 0 Å². The van der Waals surface area contributed by atoms with Crippen LogP contribution in [0.5, 0.6) is 0 Å². The number of nitrogens with one attached hydrogen (secondary N) is 1. The van der Waals surface area contributed by atoms with E-state index in [1.807, 2.05) is 11.0 Å². The van der Waals surface area contributed by atoms with Crippen molar-refractivity contribution >= 4 is 11.8 Å². The number of carbonyl (C=O) groups excluding carboxylic acids is 2. The molecule has 3 aliphatic rings. The summed E-state index contributed by atoms with van der Waals surface area (Å²) in [4.78, 5) is 29.3. The third kappa shape index (κ3) is 4.09. The van der Waals surface area contributed by atoms with Crippen molar-refractivity contribution in [3.8, 4) is 0 Å². The van der Waals surface area contributed by atoms with E-state index in [-0.39, 0.29) is 18.0 Å². The van der Waals surface area contributed by atoms with Gasteiger partial charge in [-0.05, 0) is 50.6 Å². The second kappa shape index (κ2) is 7.78. The van der Waals surface area contributed by atoms with E-state index in [0.717, 1.165) is 64.7 Å². The molecule has 3 fully saturated rings. The molecular weight excluding hydrogens is 326 g/mol. The molecule has 2 saturated heterocycles. The van der Waals surface area contributed by atoms with Gasteiger partial charge in [-0.3, -0.25) is 14.5 Å². The monoisotopic (exact) mass is 355 g/mol. The molecule has 140 valence electrons. The number of benzene rings is 1. The lowest BCUT2D eigenvalue weighted by atomic mass is 10.0. The molecule has 1 saturated carbocycles. The van der Waals surface area contributed by atoms with Crippen LogP contribution in [0.4, 0.5) is 0 Å². The Morgan fingerprint density at radius 3 is 2.38 bits per heavy atom. The summed E-state index contributed by atoms with van der Waals surface area (Å²) < 4.78 is 0. The molecule has 2 heterocycles. The fourth-order valence-corrected chi connectivity index (χ4v) is 4.26. The lowest BCUT2D eigenvalue weighted by molar-refractivity contribution is -0.133. The van der Waals surface area contributed by atoms with Crippen molar-refractivity contribution < 1.29 is 9.59 Å². The van der Waals surface area contributed by atoms with Gasteiger partial charge in [-0.1, -0.05) is 30.3 Å². The van der Waals surface area contributed by atoms with E-state index in [9.17, 15) is 9.59 Å². The largest absolute Gasteiger partial charge is 0.352 e. The topological polar surface area (TPSA) is 52.7 Å². The zero-order valence-electron chi connectivity index (χ0n) is 15.4. The number of likely N-dealkylation sites (tertiary alicyclic amines) is 2. The summed E-state index contributed by atoms with van der Waals surface area (Å²) in [7, 11) is 0. The van der Waals surface area contributed by atoms with Crippen LogP contribution < -0.4 is 5.32 Å². The van der Waals surface area contributed by atoms with Gasteiger partial charge in [-0.25, -0.2) is 0 Å². The molecule has 0 spiro atoms. The molecule has 5 nitrogen and oxygen atoms in total. The first-order valence-electron chi connectivity index (χ1n) is 10.1. The lowest BCUT2D eigenvalue weighted by Crippen LogP contribution is -2.51. The average molecular weight is 355 g/mol. The molecule has 1 aromatic carbocycles. The summed E-state index contributed by atoms with van der Waals surface area (Å²) in [6, 6.07) is 10.6. The molecule has 26 heavy (non-hydrogen) atoms. The molecule has 1 atom stereocenters. The Kier molecular flexibility index (Phi) is 5.25. The van der Waals surface area contributed by atoms with Crippen LogP contribution in [0.1, 0.15) is 44.1 Å². The Labute approximate surface area is 155 Å². The Bertz CT molecular complexity index is 636. The summed E-state index contributed by atoms with van der Waals surface area (Å²) >= 11 is 0. The van der Waals surface area contributed by atoms with Gasteiger partial charge < -0.3 is 10.2 Å². The minimum Gasteiger partial charge on any atom is -0.352 e. The van der Waals surface area contributed by atoms with Crippen molar-refractivity contribution in [2.24, 2.45) is 5.92 Å². The second-order valence-electron chi connectivity index (χ2n) is 8.00. The van der Waals surface area contributed by atoms with Gasteiger partial charge in [0.1, 0.15) is 0 Å². The first-order chi connectivity index (χ1) is 12.7. The van der Waals surface area contributed by atoms with Crippen molar-refractivity contribution in [1.29, 1.82) is 0 Å². The van der Waals surface area contributed by atoms with E-state index in [4.69, 9.17) is 0 Å². The van der Waals surface area contributed by atoms with Crippen LogP contribution in [-0.4, -0.2) is 53.3 Å². The van der Waals surface area contributed by atoms with E-state index in [1.54, 1.807) is 0 Å². The minimum atomic E-state index is -0.0127. The molecule has 4 rings (SSSR count). The first kappa shape index (κ1) is 17.5. The zero-order valence-corrected chi connectivity index (χ0v) is 15.4. The third-order valence-corrected chi connectivity index (χ3v) is 5.97. The molecule has 1 unspecified atom stereocenters. The maximum absolute atomic E-state index is 12.8. The van der Waals surface area contributed by atoms with E-state index in [1.165, 1.54) is 5.56 Å². The molecule has 0 aromatic heterocycles. The fourth-order valence-electron chi connectivity index (χ4n) is 4.26. The maximum atomic E-state index is 12.8. The second-order valence-corrected chi connectivity index (χ2v) is 8.00. The predicted octanol–water partition coefficient (Wildman–Crippen LogP) is 2.17. The Hall–Kier alpha value is -1.88. The van der Waals surface area contributed by atoms with Crippen molar-refractivity contribution in [3.63, 3.8) is 0 Å². The minimum absolute atomic E-state index is 0.0127. The molecule has 2 amide bonds. The van der Waals surface area contributed by atoms with Gasteiger partial charge in [0.2, 0.25) is 11.8 Å². The number of hydrogen-bond acceptors (Lipinski definition) is 3. The van der Waals surface area contributed by atoms with E-state index in [0.29, 0.717) is 11.8 Å². The summed E-state index contributed by atoms with van der Waals surface area (Å²) in [6.07, 6.45) is 5.92. The van der Waals surface area contributed by atoms with Crippen molar-refractivity contribution in [1.82, 2.24) is 15.1 Å². The third-order valence-electron chi connectivity index (χ3n) is 5.97. The quantitative estimate of drug-likeness (QED) is 0.881. The van der Waals surface area contributed by atoms with Crippen LogP contribution in [0.2, 0.25) is 0 Å². The van der Waals surface area contributed by atoms with Gasteiger partial charge in [0.05, 0.1) is 6.04 Å². The predicted molar refractivity (Wildman–Crippen MR) is 100 cm³/mol. The Morgan fingerprint density at radius 2 is 1.69 bits per heavy atom. The van der Waals surface area contributed by atoms with Crippen LogP contribution in [0.15, 0.2) is 30.3 Å². The fraction of sp³-hybridized carbons (Fsp3) is 0.619. The molecule has 2 aliphatic heterocycles. The first-order valence-corrected chi connectivity index (χ1v) is 10.1. The molecule has 0 radical (unpaired) electrons. The maximum Gasteiger partial charge on any atom is 0.237 e. The Balaban J connectivity index is 1.27. The van der Waals surface area contributed by atoms with Gasteiger partial charge in [0.15, 0.2) is 0 Å². The van der Waals surface area contributed by atoms with E-state index in [2.05, 4.69) is 34.5 Å². The summed E-state index contributed by atoms with van der Waals surface area (Å²) in [5.41, 5.74) is 1.26. The van der Waals surface area contributed by atoms with E-state index >= 15 is 0 Å². The number of hydrogen-bond donors (Lipinski definition) is 1. The molecular formula is C21H29N3O2. The average Bonchev–Trinajstić information content (AvgIpc) is 3.42. The molecule has 1 aromatic rings. The highest BCUT2D eigenvalue weighted by atomic mass is 16.2. The number of carbonyl (C=O) groups is 2. The lowest BCUT2D eigenvalue weighted by Gasteiger charge is -2.34. The summed E-state index contributed by atoms with van der Waals surface area (Å²) in [6.45, 7) is 3.41. The highest BCUT2D eigenvalue weighted by Crippen LogP contribution is 2.32. The van der Waals surface area contributed by atoms with Crippen LogP contribution in [0.25, 0.3) is 0 Å². The molecule has 1 N–H and O–H groups in total. The normalized spacial score (nSPS) is 24.6. The number of piperidine rings is 1. The van der Waals surface area contributed by atoms with Crippen LogP contribution in [-0.2, 0) is 16.1 Å². The van der Waals surface area contributed by atoms with Crippen molar-refractivity contribution in [3.05, 3.63) is 35.9 Å². The van der Waals surface area contributed by atoms with Crippen LogP contribution in [0, 0.1) is 5.92 Å². The van der Waals surface area contributed by atoms with Gasteiger partial charge in [0, 0.05) is 31.6 Å². The zero-order chi connectivity index (χ0) is 17.9. The van der Waals surface area contributed by atoms with Gasteiger partial charge in [0.25, 0.3) is 0 Å². The highest BCUT2D eigenvalue weighted by molar-refractivity contribution is 5.83. The van der Waals surface area contributed by atoms with E-state index < -0.39 is 0 Å². The number of amides is 2. The van der Waals surface area contributed by atoms with Crippen molar-refractivity contribution in [2.75, 3.05) is 19.6 Å². The molecule has 0 bridgehead atoms. The highest BCUT2D eigenvalue weighted by Gasteiger charge is 2.36. The SMILES string of the molecule is O=C(NC1CCN(C(=O)C2CC2)CC1)C1CCCN1Cc1ccccc1. The van der Waals surface area contributed by atoms with Gasteiger partial charge in [-0.2, -0.15) is 0 Å². The summed E-state index contributed by atoms with van der Waals surface area (Å²) in [5.74, 6) is 0.802. The van der Waals surface area contributed by atoms with Gasteiger partial charge in [-0.15, -0.1) is 0 Å². The van der Waals surface area contributed by atoms with Crippen molar-refractivity contribution in [2.45, 2.75) is 57.2 Å². The molecule has 1 aliphatic carbocycles. The Morgan fingerprint density at radius 1 is 0.962 bits per heavy atom. The summed E-state index contributed by atoms with van der Waals surface area (Å²) in [5, 5.41) is 3.26. The standard InChI is InChI=1S/C21H29N3O2/c25-20(19-7-4-12-24(19)15-16-5-2-1-3-6-16)22-18-10-13-23(14-11-18)21(26)17-8-9-17/h1-3,5-6,17-19H,4,7-15H2,(H,22,25). The smallest absolute Gasteiger partial charge is 0.237 e. The number of rotatable bonds is 5. The van der Waals surface area contributed by atoms with Crippen LogP contribution >= 0.6 is 0 Å².